The van der Waals surface area contributed by atoms with E-state index in [2.05, 4.69) is 22.5 Å². The van der Waals surface area contributed by atoms with Crippen LogP contribution in [0.3, 0.4) is 0 Å². The molecule has 7 heteroatoms. The van der Waals surface area contributed by atoms with Gasteiger partial charge in [0.2, 0.25) is 5.91 Å². The standard InChI is InChI=1S/C19H28N4O3/c1-2-15-5-3-4-6-16(15)21-18(24)14-22-8-10-23(11-9-22)19(25)17-13-20-7-12-26-17/h3-6,17,20H,2,7-14H2,1H3,(H,21,24). The van der Waals surface area contributed by atoms with Gasteiger partial charge in [0, 0.05) is 45.0 Å². The number of para-hydroxylation sites is 1. The minimum atomic E-state index is -0.371. The second-order valence-corrected chi connectivity index (χ2v) is 6.72. The Labute approximate surface area is 154 Å². The fraction of sp³-hybridized carbons (Fsp3) is 0.579. The molecule has 142 valence electrons. The molecule has 2 saturated heterocycles. The van der Waals surface area contributed by atoms with Gasteiger partial charge in [-0.05, 0) is 18.1 Å². The fourth-order valence-corrected chi connectivity index (χ4v) is 3.40. The number of carbonyl (C=O) groups excluding carboxylic acids is 2. The number of nitrogens with zero attached hydrogens (tertiary/aromatic N) is 2. The van der Waals surface area contributed by atoms with Crippen LogP contribution in [0.4, 0.5) is 5.69 Å². The fourth-order valence-electron chi connectivity index (χ4n) is 3.40. The highest BCUT2D eigenvalue weighted by Crippen LogP contribution is 2.15. The van der Waals surface area contributed by atoms with Gasteiger partial charge in [-0.1, -0.05) is 25.1 Å². The Balaban J connectivity index is 1.44. The molecule has 1 unspecified atom stereocenters. The second-order valence-electron chi connectivity index (χ2n) is 6.72. The molecule has 2 fully saturated rings. The number of hydrogen-bond acceptors (Lipinski definition) is 5. The first-order chi connectivity index (χ1) is 12.7. The van der Waals surface area contributed by atoms with Crippen LogP contribution in [0.15, 0.2) is 24.3 Å². The van der Waals surface area contributed by atoms with Gasteiger partial charge < -0.3 is 20.3 Å². The van der Waals surface area contributed by atoms with E-state index in [1.807, 2.05) is 29.2 Å². The third-order valence-corrected chi connectivity index (χ3v) is 4.93. The molecular formula is C19H28N4O3. The quantitative estimate of drug-likeness (QED) is 0.791. The number of ether oxygens (including phenoxy) is 1. The molecule has 2 aliphatic heterocycles. The number of benzene rings is 1. The molecule has 2 aliphatic rings. The maximum atomic E-state index is 12.5. The number of anilines is 1. The topological polar surface area (TPSA) is 73.9 Å². The van der Waals surface area contributed by atoms with E-state index in [4.69, 9.17) is 4.74 Å². The number of piperazine rings is 1. The molecule has 0 aliphatic carbocycles. The van der Waals surface area contributed by atoms with Gasteiger partial charge in [-0.3, -0.25) is 14.5 Å². The molecule has 3 rings (SSSR count). The van der Waals surface area contributed by atoms with Crippen molar-refractivity contribution in [3.8, 4) is 0 Å². The van der Waals surface area contributed by atoms with E-state index in [-0.39, 0.29) is 17.9 Å². The molecule has 1 atom stereocenters. The smallest absolute Gasteiger partial charge is 0.253 e. The lowest BCUT2D eigenvalue weighted by Crippen LogP contribution is -2.55. The van der Waals surface area contributed by atoms with Crippen LogP contribution in [0.25, 0.3) is 0 Å². The molecule has 0 radical (unpaired) electrons. The van der Waals surface area contributed by atoms with Gasteiger partial charge in [0.1, 0.15) is 6.10 Å². The van der Waals surface area contributed by atoms with E-state index in [1.54, 1.807) is 0 Å². The first-order valence-electron chi connectivity index (χ1n) is 9.38. The Hall–Kier alpha value is -1.96. The van der Waals surface area contributed by atoms with Gasteiger partial charge in [0.05, 0.1) is 13.2 Å². The van der Waals surface area contributed by atoms with Gasteiger partial charge in [0.25, 0.3) is 5.91 Å². The summed E-state index contributed by atoms with van der Waals surface area (Å²) in [6.45, 7) is 7.06. The number of aryl methyl sites for hydroxylation is 1. The minimum absolute atomic E-state index is 0.00881. The SMILES string of the molecule is CCc1ccccc1NC(=O)CN1CCN(C(=O)C2CNCCO2)CC1. The predicted molar refractivity (Wildman–Crippen MR) is 100 cm³/mol. The third-order valence-electron chi connectivity index (χ3n) is 4.93. The highest BCUT2D eigenvalue weighted by atomic mass is 16.5. The van der Waals surface area contributed by atoms with Crippen molar-refractivity contribution in [1.29, 1.82) is 0 Å². The summed E-state index contributed by atoms with van der Waals surface area (Å²) in [7, 11) is 0. The van der Waals surface area contributed by atoms with Crippen LogP contribution in [-0.4, -0.2) is 80.1 Å². The van der Waals surface area contributed by atoms with Crippen molar-refractivity contribution >= 4 is 17.5 Å². The van der Waals surface area contributed by atoms with E-state index < -0.39 is 0 Å². The van der Waals surface area contributed by atoms with E-state index in [9.17, 15) is 9.59 Å². The normalized spacial score (nSPS) is 21.4. The number of amides is 2. The molecule has 2 N–H and O–H groups in total. The average molecular weight is 360 g/mol. The lowest BCUT2D eigenvalue weighted by molar-refractivity contribution is -0.147. The molecule has 0 aromatic heterocycles. The maximum absolute atomic E-state index is 12.5. The monoisotopic (exact) mass is 360 g/mol. The van der Waals surface area contributed by atoms with E-state index in [1.165, 1.54) is 0 Å². The number of rotatable bonds is 5. The summed E-state index contributed by atoms with van der Waals surface area (Å²) in [5, 5.41) is 6.19. The van der Waals surface area contributed by atoms with Gasteiger partial charge in [0.15, 0.2) is 0 Å². The minimum Gasteiger partial charge on any atom is -0.366 e. The van der Waals surface area contributed by atoms with Crippen LogP contribution >= 0.6 is 0 Å². The van der Waals surface area contributed by atoms with E-state index in [0.29, 0.717) is 45.9 Å². The summed E-state index contributed by atoms with van der Waals surface area (Å²) in [5.41, 5.74) is 2.02. The van der Waals surface area contributed by atoms with Crippen LogP contribution in [0, 0.1) is 0 Å². The summed E-state index contributed by atoms with van der Waals surface area (Å²) >= 11 is 0. The van der Waals surface area contributed by atoms with Crippen molar-refractivity contribution in [2.24, 2.45) is 0 Å². The van der Waals surface area contributed by atoms with Gasteiger partial charge in [-0.25, -0.2) is 0 Å². The molecule has 0 spiro atoms. The number of hydrogen-bond donors (Lipinski definition) is 2. The number of nitrogens with one attached hydrogen (secondary N) is 2. The summed E-state index contributed by atoms with van der Waals surface area (Å²) < 4.78 is 5.54. The molecule has 7 nitrogen and oxygen atoms in total. The largest absolute Gasteiger partial charge is 0.366 e. The maximum Gasteiger partial charge on any atom is 0.253 e. The molecule has 1 aromatic carbocycles. The van der Waals surface area contributed by atoms with Crippen molar-refractivity contribution in [2.75, 3.05) is 57.7 Å². The zero-order valence-corrected chi connectivity index (χ0v) is 15.4. The average Bonchev–Trinajstić information content (AvgIpc) is 2.69. The lowest BCUT2D eigenvalue weighted by atomic mass is 10.1. The van der Waals surface area contributed by atoms with E-state index >= 15 is 0 Å². The number of morpholine rings is 1. The van der Waals surface area contributed by atoms with Crippen molar-refractivity contribution in [3.05, 3.63) is 29.8 Å². The molecule has 2 amide bonds. The third kappa shape index (κ3) is 4.81. The Bertz CT molecular complexity index is 623. The predicted octanol–water partition coefficient (Wildman–Crippen LogP) is 0.320. The van der Waals surface area contributed by atoms with Crippen LogP contribution in [0.2, 0.25) is 0 Å². The molecule has 2 heterocycles. The number of carbonyl (C=O) groups is 2. The molecule has 0 bridgehead atoms. The molecule has 1 aromatic rings. The Morgan fingerprint density at radius 1 is 1.23 bits per heavy atom. The zero-order chi connectivity index (χ0) is 18.4. The van der Waals surface area contributed by atoms with E-state index in [0.717, 1.165) is 24.2 Å². The highest BCUT2D eigenvalue weighted by molar-refractivity contribution is 5.93. The first-order valence-corrected chi connectivity index (χ1v) is 9.38. The second kappa shape index (κ2) is 9.12. The first kappa shape index (κ1) is 18.8. The van der Waals surface area contributed by atoms with Crippen molar-refractivity contribution < 1.29 is 14.3 Å². The molecular weight excluding hydrogens is 332 g/mol. The van der Waals surface area contributed by atoms with Gasteiger partial charge >= 0.3 is 0 Å². The van der Waals surface area contributed by atoms with Gasteiger partial charge in [-0.15, -0.1) is 0 Å². The Morgan fingerprint density at radius 2 is 2.00 bits per heavy atom. The summed E-state index contributed by atoms with van der Waals surface area (Å²) in [6.07, 6.45) is 0.513. The van der Waals surface area contributed by atoms with Crippen molar-refractivity contribution in [2.45, 2.75) is 19.4 Å². The molecule has 26 heavy (non-hydrogen) atoms. The Kier molecular flexibility index (Phi) is 6.60. The van der Waals surface area contributed by atoms with Crippen LogP contribution in [0.5, 0.6) is 0 Å². The Morgan fingerprint density at radius 3 is 2.69 bits per heavy atom. The highest BCUT2D eigenvalue weighted by Gasteiger charge is 2.29. The van der Waals surface area contributed by atoms with Crippen LogP contribution in [-0.2, 0) is 20.7 Å². The summed E-state index contributed by atoms with van der Waals surface area (Å²) in [6, 6.07) is 7.88. The van der Waals surface area contributed by atoms with Crippen molar-refractivity contribution in [3.63, 3.8) is 0 Å². The van der Waals surface area contributed by atoms with Crippen LogP contribution < -0.4 is 10.6 Å². The van der Waals surface area contributed by atoms with Crippen LogP contribution in [0.1, 0.15) is 12.5 Å². The van der Waals surface area contributed by atoms with Crippen molar-refractivity contribution in [1.82, 2.24) is 15.1 Å². The lowest BCUT2D eigenvalue weighted by Gasteiger charge is -2.36. The van der Waals surface area contributed by atoms with Gasteiger partial charge in [-0.2, -0.15) is 0 Å². The summed E-state index contributed by atoms with van der Waals surface area (Å²) in [4.78, 5) is 28.7. The molecule has 0 saturated carbocycles. The zero-order valence-electron chi connectivity index (χ0n) is 15.4. The summed E-state index contributed by atoms with van der Waals surface area (Å²) in [5.74, 6) is 0.0451.